The van der Waals surface area contributed by atoms with Gasteiger partial charge >= 0.3 is 0 Å². The smallest absolute Gasteiger partial charge is 0.156 e. The molecule has 1 atom stereocenters. The standard InChI is InChI=1S/C12H16B2ClNO/c13-11(14)7-3-6-10(17)12(11,16)8-4-1-2-5-9(8)15/h1-2,4-5H,3,6-7,13-14,16H2. The van der Waals surface area contributed by atoms with E-state index in [1.807, 2.05) is 33.9 Å². The molecule has 1 aromatic rings. The largest absolute Gasteiger partial charge is 0.316 e. The van der Waals surface area contributed by atoms with Crippen molar-refractivity contribution >= 4 is 33.1 Å². The zero-order valence-corrected chi connectivity index (χ0v) is 11.1. The van der Waals surface area contributed by atoms with Crippen LogP contribution in [-0.4, -0.2) is 21.5 Å². The van der Waals surface area contributed by atoms with Crippen molar-refractivity contribution in [1.82, 2.24) is 0 Å². The first kappa shape index (κ1) is 12.7. The van der Waals surface area contributed by atoms with E-state index in [9.17, 15) is 4.79 Å². The van der Waals surface area contributed by atoms with Crippen LogP contribution in [0.2, 0.25) is 10.2 Å². The van der Waals surface area contributed by atoms with Gasteiger partial charge in [-0.15, -0.1) is 0 Å². The quantitative estimate of drug-likeness (QED) is 0.740. The van der Waals surface area contributed by atoms with Crippen molar-refractivity contribution in [3.63, 3.8) is 0 Å². The second-order valence-electron chi connectivity index (χ2n) is 5.45. The van der Waals surface area contributed by atoms with Crippen LogP contribution in [0.15, 0.2) is 24.3 Å². The molecule has 1 aliphatic carbocycles. The fourth-order valence-corrected chi connectivity index (χ4v) is 3.04. The van der Waals surface area contributed by atoms with Gasteiger partial charge in [0.1, 0.15) is 15.7 Å². The number of benzene rings is 1. The number of hydrogen-bond donors (Lipinski definition) is 1. The van der Waals surface area contributed by atoms with E-state index in [-0.39, 0.29) is 11.0 Å². The lowest BCUT2D eigenvalue weighted by atomic mass is 9.39. The Morgan fingerprint density at radius 1 is 1.29 bits per heavy atom. The number of nitrogens with two attached hydrogens (primary N) is 1. The zero-order valence-electron chi connectivity index (χ0n) is 10.3. The summed E-state index contributed by atoms with van der Waals surface area (Å²) in [7, 11) is 4.10. The summed E-state index contributed by atoms with van der Waals surface area (Å²) in [6.07, 6.45) is 2.40. The summed E-state index contributed by atoms with van der Waals surface area (Å²) in [5.74, 6) is 0.0989. The Balaban J connectivity index is 2.60. The topological polar surface area (TPSA) is 43.1 Å². The Labute approximate surface area is 109 Å². The molecule has 1 aromatic carbocycles. The maximum atomic E-state index is 12.3. The fraction of sp³-hybridized carbons (Fsp3) is 0.417. The minimum Gasteiger partial charge on any atom is -0.316 e. The van der Waals surface area contributed by atoms with Crippen molar-refractivity contribution < 1.29 is 4.79 Å². The second-order valence-corrected chi connectivity index (χ2v) is 5.86. The normalized spacial score (nSPS) is 28.0. The SMILES string of the molecule is BC1(B)CCCC(=O)C1(N)c1ccccc1Cl. The Morgan fingerprint density at radius 3 is 2.53 bits per heavy atom. The highest BCUT2D eigenvalue weighted by molar-refractivity contribution is 6.43. The highest BCUT2D eigenvalue weighted by atomic mass is 35.5. The van der Waals surface area contributed by atoms with Gasteiger partial charge in [-0.3, -0.25) is 4.79 Å². The number of ketones is 1. The van der Waals surface area contributed by atoms with Crippen molar-refractivity contribution in [3.05, 3.63) is 34.9 Å². The van der Waals surface area contributed by atoms with Gasteiger partial charge in [-0.1, -0.05) is 41.4 Å². The zero-order chi connectivity index (χ0) is 12.7. The summed E-state index contributed by atoms with van der Waals surface area (Å²) in [6, 6.07) is 7.40. The van der Waals surface area contributed by atoms with Crippen LogP contribution in [0.5, 0.6) is 0 Å². The first-order valence-corrected chi connectivity index (χ1v) is 6.34. The lowest BCUT2D eigenvalue weighted by Crippen LogP contribution is -2.57. The molecule has 0 spiro atoms. The van der Waals surface area contributed by atoms with E-state index in [1.54, 1.807) is 6.07 Å². The van der Waals surface area contributed by atoms with E-state index in [0.29, 0.717) is 11.4 Å². The van der Waals surface area contributed by atoms with Crippen LogP contribution < -0.4 is 5.73 Å². The van der Waals surface area contributed by atoms with E-state index < -0.39 is 5.54 Å². The van der Waals surface area contributed by atoms with E-state index >= 15 is 0 Å². The van der Waals surface area contributed by atoms with E-state index in [4.69, 9.17) is 17.3 Å². The molecule has 0 bridgehead atoms. The first-order valence-electron chi connectivity index (χ1n) is 5.97. The minimum atomic E-state index is -0.955. The molecule has 0 radical (unpaired) electrons. The molecule has 0 aliphatic heterocycles. The molecule has 5 heteroatoms. The van der Waals surface area contributed by atoms with E-state index in [2.05, 4.69) is 0 Å². The van der Waals surface area contributed by atoms with Crippen LogP contribution in [0, 0.1) is 0 Å². The van der Waals surface area contributed by atoms with Crippen LogP contribution in [0.3, 0.4) is 0 Å². The van der Waals surface area contributed by atoms with Crippen molar-refractivity contribution in [1.29, 1.82) is 0 Å². The fourth-order valence-electron chi connectivity index (χ4n) is 2.76. The summed E-state index contributed by atoms with van der Waals surface area (Å²) in [5.41, 5.74) is 6.27. The molecular formula is C12H16B2ClNO. The summed E-state index contributed by atoms with van der Waals surface area (Å²) in [4.78, 5) is 12.3. The van der Waals surface area contributed by atoms with Gasteiger partial charge in [-0.2, -0.15) is 0 Å². The molecule has 2 nitrogen and oxygen atoms in total. The molecule has 1 aliphatic rings. The summed E-state index contributed by atoms with van der Waals surface area (Å²) < 4.78 is 0. The third kappa shape index (κ3) is 1.84. The first-order chi connectivity index (χ1) is 7.89. The number of hydrogen-bond acceptors (Lipinski definition) is 2. The number of halogens is 1. The van der Waals surface area contributed by atoms with Gasteiger partial charge in [-0.25, -0.2) is 0 Å². The number of Topliss-reactive ketones (excluding diaryl/α,β-unsaturated/α-hetero) is 1. The van der Waals surface area contributed by atoms with Crippen LogP contribution in [-0.2, 0) is 10.3 Å². The number of rotatable bonds is 1. The average Bonchev–Trinajstić information content (AvgIpc) is 2.26. The van der Waals surface area contributed by atoms with Crippen molar-refractivity contribution in [3.8, 4) is 0 Å². The Bertz CT molecular complexity index is 464. The average molecular weight is 247 g/mol. The maximum Gasteiger partial charge on any atom is 0.156 e. The molecule has 1 fully saturated rings. The summed E-state index contributed by atoms with van der Waals surface area (Å²) >= 11 is 6.21. The van der Waals surface area contributed by atoms with Gasteiger partial charge in [0, 0.05) is 11.4 Å². The Kier molecular flexibility index (Phi) is 3.13. The Morgan fingerprint density at radius 2 is 1.94 bits per heavy atom. The molecule has 1 saturated carbocycles. The number of carbonyl (C=O) groups excluding carboxylic acids is 1. The van der Waals surface area contributed by atoms with Crippen molar-refractivity contribution in [2.24, 2.45) is 5.73 Å². The second kappa shape index (κ2) is 4.18. The van der Waals surface area contributed by atoms with E-state index in [0.717, 1.165) is 18.4 Å². The van der Waals surface area contributed by atoms with Crippen LogP contribution in [0.25, 0.3) is 0 Å². The molecule has 17 heavy (non-hydrogen) atoms. The van der Waals surface area contributed by atoms with Crippen LogP contribution in [0.1, 0.15) is 24.8 Å². The monoisotopic (exact) mass is 247 g/mol. The van der Waals surface area contributed by atoms with Crippen LogP contribution >= 0.6 is 11.6 Å². The Hall–Kier alpha value is -0.730. The molecular weight excluding hydrogens is 231 g/mol. The minimum absolute atomic E-state index is 0.0989. The predicted octanol–water partition coefficient (Wildman–Crippen LogP) is 0.629. The van der Waals surface area contributed by atoms with Gasteiger partial charge in [-0.05, 0) is 18.1 Å². The summed E-state index contributed by atoms with van der Waals surface area (Å²) in [6.45, 7) is 0. The molecule has 1 unspecified atom stereocenters. The van der Waals surface area contributed by atoms with Crippen LogP contribution in [0.4, 0.5) is 0 Å². The summed E-state index contributed by atoms with van der Waals surface area (Å²) in [5, 5.41) is 0.325. The molecule has 88 valence electrons. The van der Waals surface area contributed by atoms with Gasteiger partial charge in [0.15, 0.2) is 5.78 Å². The van der Waals surface area contributed by atoms with Gasteiger partial charge in [0.25, 0.3) is 0 Å². The molecule has 0 amide bonds. The van der Waals surface area contributed by atoms with Gasteiger partial charge in [0.05, 0.1) is 5.54 Å². The highest BCUT2D eigenvalue weighted by Crippen LogP contribution is 2.49. The molecule has 0 aromatic heterocycles. The van der Waals surface area contributed by atoms with Gasteiger partial charge in [0.2, 0.25) is 0 Å². The number of carbonyl (C=O) groups is 1. The molecule has 2 N–H and O–H groups in total. The highest BCUT2D eigenvalue weighted by Gasteiger charge is 2.51. The third-order valence-corrected chi connectivity index (χ3v) is 4.34. The van der Waals surface area contributed by atoms with Gasteiger partial charge < -0.3 is 5.73 Å². The lowest BCUT2D eigenvalue weighted by Gasteiger charge is -2.47. The predicted molar refractivity (Wildman–Crippen MR) is 76.0 cm³/mol. The molecule has 2 rings (SSSR count). The van der Waals surface area contributed by atoms with Crippen molar-refractivity contribution in [2.75, 3.05) is 0 Å². The molecule has 0 heterocycles. The lowest BCUT2D eigenvalue weighted by molar-refractivity contribution is -0.127. The van der Waals surface area contributed by atoms with Crippen molar-refractivity contribution in [2.45, 2.75) is 30.0 Å². The maximum absolute atomic E-state index is 12.3. The van der Waals surface area contributed by atoms with E-state index in [1.165, 1.54) is 0 Å². The molecule has 0 saturated heterocycles. The third-order valence-electron chi connectivity index (χ3n) is 4.01.